The minimum atomic E-state index is -0.363. The number of imidazole rings is 1. The second-order valence-corrected chi connectivity index (χ2v) is 4.86. The van der Waals surface area contributed by atoms with Gasteiger partial charge in [0.15, 0.2) is 0 Å². The molecule has 1 aromatic heterocycles. The number of nitrogens with two attached hydrogens (primary N) is 1. The van der Waals surface area contributed by atoms with Crippen LogP contribution >= 0.6 is 0 Å². The highest BCUT2D eigenvalue weighted by molar-refractivity contribution is 5.75. The fourth-order valence-electron chi connectivity index (χ4n) is 2.41. The van der Waals surface area contributed by atoms with Gasteiger partial charge in [-0.15, -0.1) is 0 Å². The van der Waals surface area contributed by atoms with Gasteiger partial charge in [-0.1, -0.05) is 12.1 Å². The van der Waals surface area contributed by atoms with Crippen LogP contribution in [0.3, 0.4) is 0 Å². The van der Waals surface area contributed by atoms with E-state index in [1.165, 1.54) is 12.1 Å². The van der Waals surface area contributed by atoms with E-state index in [2.05, 4.69) is 9.97 Å². The van der Waals surface area contributed by atoms with Crippen molar-refractivity contribution in [2.75, 3.05) is 0 Å². The number of fused-ring (bicyclic) bond motifs is 1. The van der Waals surface area contributed by atoms with Crippen molar-refractivity contribution in [2.24, 2.45) is 5.73 Å². The van der Waals surface area contributed by atoms with E-state index in [0.717, 1.165) is 22.2 Å². The van der Waals surface area contributed by atoms with Crippen molar-refractivity contribution in [3.05, 3.63) is 69.4 Å². The minimum Gasteiger partial charge on any atom is -0.320 e. The molecule has 102 valence electrons. The largest absolute Gasteiger partial charge is 0.323 e. The van der Waals surface area contributed by atoms with Crippen LogP contribution in [0.15, 0.2) is 41.2 Å². The Morgan fingerprint density at radius 1 is 1.10 bits per heavy atom. The Balaban J connectivity index is 2.06. The van der Waals surface area contributed by atoms with E-state index in [9.17, 15) is 9.18 Å². The molecule has 0 aliphatic rings. The van der Waals surface area contributed by atoms with Crippen molar-refractivity contribution in [3.63, 3.8) is 0 Å². The van der Waals surface area contributed by atoms with Gasteiger partial charge in [0.25, 0.3) is 0 Å². The van der Waals surface area contributed by atoms with Gasteiger partial charge in [0, 0.05) is 0 Å². The molecule has 3 aromatic rings. The molecule has 0 aliphatic heterocycles. The van der Waals surface area contributed by atoms with Gasteiger partial charge in [0.2, 0.25) is 0 Å². The van der Waals surface area contributed by atoms with Crippen LogP contribution in [0.2, 0.25) is 0 Å². The zero-order chi connectivity index (χ0) is 14.3. The third kappa shape index (κ3) is 2.12. The van der Waals surface area contributed by atoms with Gasteiger partial charge < -0.3 is 15.7 Å². The van der Waals surface area contributed by atoms with Crippen molar-refractivity contribution in [2.45, 2.75) is 13.0 Å². The Hall–Kier alpha value is -2.40. The van der Waals surface area contributed by atoms with Gasteiger partial charge in [0.1, 0.15) is 5.82 Å². The molecular weight excluding hydrogens is 257 g/mol. The Bertz CT molecular complexity index is 834. The number of H-pyrrole nitrogens is 2. The van der Waals surface area contributed by atoms with Crippen molar-refractivity contribution in [1.29, 1.82) is 0 Å². The summed E-state index contributed by atoms with van der Waals surface area (Å²) in [6.45, 7) is 1.83. The number of nitrogens with one attached hydrogen (secondary N) is 2. The fraction of sp³-hybridized carbons (Fsp3) is 0.133. The summed E-state index contributed by atoms with van der Waals surface area (Å²) in [7, 11) is 0. The van der Waals surface area contributed by atoms with E-state index in [-0.39, 0.29) is 17.5 Å². The molecule has 0 radical (unpaired) electrons. The number of benzene rings is 2. The summed E-state index contributed by atoms with van der Waals surface area (Å²) in [5.74, 6) is -0.274. The normalized spacial score (nSPS) is 12.8. The molecule has 3 rings (SSSR count). The van der Waals surface area contributed by atoms with Crippen LogP contribution in [0.4, 0.5) is 4.39 Å². The molecule has 4 N–H and O–H groups in total. The quantitative estimate of drug-likeness (QED) is 0.669. The number of halogens is 1. The van der Waals surface area contributed by atoms with Gasteiger partial charge in [-0.25, -0.2) is 9.18 Å². The van der Waals surface area contributed by atoms with Crippen molar-refractivity contribution in [3.8, 4) is 0 Å². The third-order valence-corrected chi connectivity index (χ3v) is 3.47. The number of aryl methyl sites for hydroxylation is 1. The first kappa shape index (κ1) is 12.6. The van der Waals surface area contributed by atoms with E-state index in [0.29, 0.717) is 5.52 Å². The van der Waals surface area contributed by atoms with Crippen LogP contribution in [0, 0.1) is 12.7 Å². The smallest absolute Gasteiger partial charge is 0.320 e. The number of hydrogen-bond donors (Lipinski definition) is 3. The first-order chi connectivity index (χ1) is 9.54. The summed E-state index contributed by atoms with van der Waals surface area (Å²) in [6.07, 6.45) is 0. The molecule has 0 fully saturated rings. The Labute approximate surface area is 114 Å². The lowest BCUT2D eigenvalue weighted by Gasteiger charge is -2.15. The fourth-order valence-corrected chi connectivity index (χ4v) is 2.41. The lowest BCUT2D eigenvalue weighted by atomic mass is 9.95. The summed E-state index contributed by atoms with van der Waals surface area (Å²) in [5.41, 5.74) is 9.98. The molecule has 4 nitrogen and oxygen atoms in total. The van der Waals surface area contributed by atoms with Crippen LogP contribution in [-0.4, -0.2) is 9.97 Å². The molecule has 0 amide bonds. The van der Waals surface area contributed by atoms with E-state index in [1.54, 1.807) is 12.1 Å². The van der Waals surface area contributed by atoms with Crippen LogP contribution < -0.4 is 11.4 Å². The molecule has 0 aliphatic carbocycles. The minimum absolute atomic E-state index is 0.247. The SMILES string of the molecule is Cc1cc(F)ccc1C(N)c1ccc2[nH]c(=O)[nH]c2c1. The first-order valence-electron chi connectivity index (χ1n) is 6.28. The first-order valence-corrected chi connectivity index (χ1v) is 6.28. The van der Waals surface area contributed by atoms with Crippen molar-refractivity contribution < 1.29 is 4.39 Å². The van der Waals surface area contributed by atoms with Crippen molar-refractivity contribution in [1.82, 2.24) is 9.97 Å². The molecular formula is C15H14FN3O. The summed E-state index contributed by atoms with van der Waals surface area (Å²) >= 11 is 0. The van der Waals surface area contributed by atoms with E-state index < -0.39 is 0 Å². The van der Waals surface area contributed by atoms with Crippen molar-refractivity contribution >= 4 is 11.0 Å². The monoisotopic (exact) mass is 271 g/mol. The lowest BCUT2D eigenvalue weighted by molar-refractivity contribution is 0.624. The maximum Gasteiger partial charge on any atom is 0.323 e. The number of hydrogen-bond acceptors (Lipinski definition) is 2. The average Bonchev–Trinajstić information content (AvgIpc) is 2.77. The van der Waals surface area contributed by atoms with Crippen LogP contribution in [0.1, 0.15) is 22.7 Å². The predicted molar refractivity (Wildman–Crippen MR) is 76.1 cm³/mol. The maximum absolute atomic E-state index is 13.1. The van der Waals surface area contributed by atoms with Gasteiger partial charge >= 0.3 is 5.69 Å². The second kappa shape index (κ2) is 4.61. The number of aromatic nitrogens is 2. The zero-order valence-electron chi connectivity index (χ0n) is 10.9. The molecule has 0 bridgehead atoms. The molecule has 1 atom stereocenters. The Morgan fingerprint density at radius 3 is 2.60 bits per heavy atom. The second-order valence-electron chi connectivity index (χ2n) is 4.86. The third-order valence-electron chi connectivity index (χ3n) is 3.47. The van der Waals surface area contributed by atoms with Crippen LogP contribution in [-0.2, 0) is 0 Å². The average molecular weight is 271 g/mol. The standard InChI is InChI=1S/C15H14FN3O/c1-8-6-10(16)3-4-11(8)14(17)9-2-5-12-13(7-9)19-15(20)18-12/h2-7,14H,17H2,1H3,(H2,18,19,20). The summed E-state index contributed by atoms with van der Waals surface area (Å²) < 4.78 is 13.1. The van der Waals surface area contributed by atoms with Gasteiger partial charge in [0.05, 0.1) is 17.1 Å². The molecule has 0 saturated carbocycles. The summed E-state index contributed by atoms with van der Waals surface area (Å²) in [6, 6.07) is 9.70. The van der Waals surface area contributed by atoms with Gasteiger partial charge in [-0.05, 0) is 47.9 Å². The highest BCUT2D eigenvalue weighted by Gasteiger charge is 2.13. The van der Waals surface area contributed by atoms with Gasteiger partial charge in [-0.3, -0.25) is 0 Å². The molecule has 0 spiro atoms. The van der Waals surface area contributed by atoms with E-state index in [4.69, 9.17) is 5.73 Å². The lowest BCUT2D eigenvalue weighted by Crippen LogP contribution is -2.13. The summed E-state index contributed by atoms with van der Waals surface area (Å²) in [4.78, 5) is 16.6. The van der Waals surface area contributed by atoms with Gasteiger partial charge in [-0.2, -0.15) is 0 Å². The molecule has 5 heteroatoms. The molecule has 1 heterocycles. The number of aromatic amines is 2. The highest BCUT2D eigenvalue weighted by atomic mass is 19.1. The van der Waals surface area contributed by atoms with Crippen LogP contribution in [0.5, 0.6) is 0 Å². The molecule has 1 unspecified atom stereocenters. The van der Waals surface area contributed by atoms with E-state index >= 15 is 0 Å². The summed E-state index contributed by atoms with van der Waals surface area (Å²) in [5, 5.41) is 0. The highest BCUT2D eigenvalue weighted by Crippen LogP contribution is 2.24. The number of rotatable bonds is 2. The molecule has 0 saturated heterocycles. The maximum atomic E-state index is 13.1. The topological polar surface area (TPSA) is 74.7 Å². The Morgan fingerprint density at radius 2 is 1.85 bits per heavy atom. The molecule has 20 heavy (non-hydrogen) atoms. The predicted octanol–water partition coefficient (Wildman–Crippen LogP) is 2.35. The molecule has 2 aromatic carbocycles. The Kier molecular flexibility index (Phi) is 2.91. The van der Waals surface area contributed by atoms with E-state index in [1.807, 2.05) is 19.1 Å². The zero-order valence-corrected chi connectivity index (χ0v) is 10.9. The van der Waals surface area contributed by atoms with Crippen LogP contribution in [0.25, 0.3) is 11.0 Å².